The minimum absolute atomic E-state index is 0.267. The van der Waals surface area contributed by atoms with Crippen LogP contribution >= 0.6 is 0 Å². The smallest absolute Gasteiger partial charge is 0.357 e. The van der Waals surface area contributed by atoms with E-state index < -0.39 is 38.2 Å². The zero-order valence-electron chi connectivity index (χ0n) is 11.2. The molecule has 0 aliphatic heterocycles. The summed E-state index contributed by atoms with van der Waals surface area (Å²) in [6.45, 7) is 0. The van der Waals surface area contributed by atoms with Crippen LogP contribution in [0.15, 0.2) is 27.8 Å². The molecule has 0 radical (unpaired) electrons. The van der Waals surface area contributed by atoms with Gasteiger partial charge in [0.25, 0.3) is 0 Å². The van der Waals surface area contributed by atoms with Gasteiger partial charge in [0.2, 0.25) is 0 Å². The van der Waals surface area contributed by atoms with E-state index in [1.165, 1.54) is 12.1 Å². The van der Waals surface area contributed by atoms with Crippen LogP contribution in [0.3, 0.4) is 0 Å². The number of phenols is 1. The molecule has 1 aromatic carbocycles. The van der Waals surface area contributed by atoms with E-state index in [9.17, 15) is 34.9 Å². The van der Waals surface area contributed by atoms with Gasteiger partial charge in [0.05, 0.1) is 9.85 Å². The molecule has 1 heterocycles. The fourth-order valence-corrected chi connectivity index (χ4v) is 1.78. The Morgan fingerprint density at radius 1 is 1.04 bits per heavy atom. The van der Waals surface area contributed by atoms with Crippen molar-refractivity contribution < 1.29 is 15.0 Å². The third kappa shape index (κ3) is 3.29. The summed E-state index contributed by atoms with van der Waals surface area (Å²) in [6.07, 6.45) is 2.32. The molecule has 0 aliphatic carbocycles. The van der Waals surface area contributed by atoms with Gasteiger partial charge in [-0.2, -0.15) is 0 Å². The van der Waals surface area contributed by atoms with Crippen molar-refractivity contribution in [3.8, 4) is 5.75 Å². The van der Waals surface area contributed by atoms with Gasteiger partial charge in [0.15, 0.2) is 5.75 Å². The Balaban J connectivity index is 2.47. The van der Waals surface area contributed by atoms with Gasteiger partial charge in [-0.1, -0.05) is 6.08 Å². The molecule has 11 heteroatoms. The molecule has 2 aromatic rings. The highest BCUT2D eigenvalue weighted by Crippen LogP contribution is 2.27. The van der Waals surface area contributed by atoms with E-state index in [-0.39, 0.29) is 11.3 Å². The molecule has 3 N–H and O–H groups in total. The summed E-state index contributed by atoms with van der Waals surface area (Å²) in [4.78, 5) is 46.1. The minimum atomic E-state index is -1.16. The van der Waals surface area contributed by atoms with E-state index in [1.807, 2.05) is 0 Å². The fourth-order valence-electron chi connectivity index (χ4n) is 1.78. The van der Waals surface area contributed by atoms with Crippen LogP contribution in [0.1, 0.15) is 11.3 Å². The number of nitrogens with zero attached hydrogens (tertiary/aromatic N) is 2. The molecule has 11 nitrogen and oxygen atoms in total. The number of aromatic hydroxyl groups is 1. The summed E-state index contributed by atoms with van der Waals surface area (Å²) in [5, 5.41) is 30.9. The molecular weight excluding hydrogens is 312 g/mol. The molecule has 0 fully saturated rings. The second-order valence-electron chi connectivity index (χ2n) is 4.27. The molecule has 0 saturated heterocycles. The van der Waals surface area contributed by atoms with E-state index in [1.54, 1.807) is 4.98 Å². The third-order valence-corrected chi connectivity index (χ3v) is 2.77. The standard InChI is InChI=1S/C12H8N4O7/c17-9-5-6(2-4-8(9)15(20)21)1-3-7-10(16(22)23)11(18)14-12(19)13-7/h1-5,17H,(H2,13,14,18,19). The highest BCUT2D eigenvalue weighted by molar-refractivity contribution is 5.73. The van der Waals surface area contributed by atoms with Gasteiger partial charge in [-0.15, -0.1) is 0 Å². The van der Waals surface area contributed by atoms with Crippen LogP contribution in [0, 0.1) is 20.2 Å². The van der Waals surface area contributed by atoms with Gasteiger partial charge in [-0.3, -0.25) is 30.0 Å². The monoisotopic (exact) mass is 320 g/mol. The Hall–Kier alpha value is -3.76. The van der Waals surface area contributed by atoms with Gasteiger partial charge in [0, 0.05) is 6.07 Å². The molecule has 118 valence electrons. The molecule has 0 saturated carbocycles. The van der Waals surface area contributed by atoms with E-state index >= 15 is 0 Å². The van der Waals surface area contributed by atoms with Crippen molar-refractivity contribution in [3.05, 3.63) is 70.5 Å². The number of aromatic amines is 2. The van der Waals surface area contributed by atoms with Crippen LogP contribution in [-0.2, 0) is 0 Å². The average molecular weight is 320 g/mol. The lowest BCUT2D eigenvalue weighted by molar-refractivity contribution is -0.386. The van der Waals surface area contributed by atoms with Crippen LogP contribution in [0.2, 0.25) is 0 Å². The van der Waals surface area contributed by atoms with Crippen molar-refractivity contribution >= 4 is 23.5 Å². The maximum atomic E-state index is 11.4. The fraction of sp³-hybridized carbons (Fsp3) is 0. The number of benzene rings is 1. The maximum absolute atomic E-state index is 11.4. The van der Waals surface area contributed by atoms with Crippen LogP contribution < -0.4 is 11.2 Å². The van der Waals surface area contributed by atoms with Crippen molar-refractivity contribution in [3.63, 3.8) is 0 Å². The SMILES string of the molecule is O=c1[nH]c(C=Cc2ccc([N+](=O)[O-])c(O)c2)c([N+](=O)[O-])c(=O)[nH]1. The molecule has 0 aliphatic rings. The van der Waals surface area contributed by atoms with Gasteiger partial charge < -0.3 is 10.1 Å². The lowest BCUT2D eigenvalue weighted by atomic mass is 10.1. The number of nitro groups is 2. The topological polar surface area (TPSA) is 172 Å². The zero-order valence-corrected chi connectivity index (χ0v) is 11.2. The van der Waals surface area contributed by atoms with E-state index in [0.29, 0.717) is 0 Å². The summed E-state index contributed by atoms with van der Waals surface area (Å²) in [6, 6.07) is 3.39. The number of aromatic nitrogens is 2. The molecule has 23 heavy (non-hydrogen) atoms. The molecule has 0 bridgehead atoms. The number of H-pyrrole nitrogens is 2. The Kier molecular flexibility index (Phi) is 4.03. The van der Waals surface area contributed by atoms with Crippen LogP contribution in [-0.4, -0.2) is 24.9 Å². The van der Waals surface area contributed by atoms with Crippen LogP contribution in [0.25, 0.3) is 12.2 Å². The first-order chi connectivity index (χ1) is 10.8. The van der Waals surface area contributed by atoms with Crippen molar-refractivity contribution in [2.75, 3.05) is 0 Å². The second-order valence-corrected chi connectivity index (χ2v) is 4.27. The summed E-state index contributed by atoms with van der Waals surface area (Å²) >= 11 is 0. The molecule has 0 atom stereocenters. The van der Waals surface area contributed by atoms with Gasteiger partial charge >= 0.3 is 22.6 Å². The quantitative estimate of drug-likeness (QED) is 0.550. The Labute approximate surface area is 125 Å². The van der Waals surface area contributed by atoms with Gasteiger partial charge in [-0.25, -0.2) is 4.79 Å². The predicted molar refractivity (Wildman–Crippen MR) is 78.0 cm³/mol. The zero-order chi connectivity index (χ0) is 17.1. The average Bonchev–Trinajstić information content (AvgIpc) is 2.43. The summed E-state index contributed by atoms with van der Waals surface area (Å²) in [5.41, 5.74) is -3.52. The molecule has 0 unspecified atom stereocenters. The first-order valence-corrected chi connectivity index (χ1v) is 5.96. The number of nitro benzene ring substituents is 1. The summed E-state index contributed by atoms with van der Waals surface area (Å²) in [7, 11) is 0. The van der Waals surface area contributed by atoms with Crippen LogP contribution in [0.5, 0.6) is 5.75 Å². The molecular formula is C12H8N4O7. The van der Waals surface area contributed by atoms with E-state index in [0.717, 1.165) is 18.2 Å². The Bertz CT molecular complexity index is 941. The summed E-state index contributed by atoms with van der Waals surface area (Å²) < 4.78 is 0. The first-order valence-electron chi connectivity index (χ1n) is 5.96. The number of rotatable bonds is 4. The van der Waals surface area contributed by atoms with Crippen molar-refractivity contribution in [2.45, 2.75) is 0 Å². The second kappa shape index (κ2) is 5.93. The third-order valence-electron chi connectivity index (χ3n) is 2.77. The van der Waals surface area contributed by atoms with Crippen molar-refractivity contribution in [1.29, 1.82) is 0 Å². The molecule has 0 spiro atoms. The van der Waals surface area contributed by atoms with Crippen molar-refractivity contribution in [1.82, 2.24) is 9.97 Å². The predicted octanol–water partition coefficient (Wildman–Crippen LogP) is 0.756. The number of nitrogens with one attached hydrogen (secondary N) is 2. The number of hydrogen-bond donors (Lipinski definition) is 3. The number of phenolic OH excluding ortho intramolecular Hbond substituents is 1. The molecule has 0 amide bonds. The lowest BCUT2D eigenvalue weighted by Crippen LogP contribution is -2.25. The van der Waals surface area contributed by atoms with Crippen LogP contribution in [0.4, 0.5) is 11.4 Å². The van der Waals surface area contributed by atoms with E-state index in [2.05, 4.69) is 4.98 Å². The minimum Gasteiger partial charge on any atom is -0.502 e. The highest BCUT2D eigenvalue weighted by Gasteiger charge is 2.19. The largest absolute Gasteiger partial charge is 0.502 e. The van der Waals surface area contributed by atoms with E-state index in [4.69, 9.17) is 0 Å². The van der Waals surface area contributed by atoms with Gasteiger partial charge in [0.1, 0.15) is 5.69 Å². The van der Waals surface area contributed by atoms with Crippen molar-refractivity contribution in [2.24, 2.45) is 0 Å². The Morgan fingerprint density at radius 2 is 1.74 bits per heavy atom. The Morgan fingerprint density at radius 3 is 2.30 bits per heavy atom. The first kappa shape index (κ1) is 15.6. The molecule has 1 aromatic heterocycles. The number of hydrogen-bond acceptors (Lipinski definition) is 7. The van der Waals surface area contributed by atoms with Gasteiger partial charge in [-0.05, 0) is 23.8 Å². The lowest BCUT2D eigenvalue weighted by Gasteiger charge is -1.98. The highest BCUT2D eigenvalue weighted by atomic mass is 16.6. The maximum Gasteiger partial charge on any atom is 0.357 e. The normalized spacial score (nSPS) is 10.8. The molecule has 2 rings (SSSR count). The summed E-state index contributed by atoms with van der Waals surface area (Å²) in [5.74, 6) is -0.592.